The summed E-state index contributed by atoms with van der Waals surface area (Å²) in [6, 6.07) is 0. The van der Waals surface area contributed by atoms with Gasteiger partial charge in [-0.2, -0.15) is 4.91 Å². The first-order valence-corrected chi connectivity index (χ1v) is 5.03. The van der Waals surface area contributed by atoms with Crippen LogP contribution in [0.3, 0.4) is 0 Å². The highest BCUT2D eigenvalue weighted by Gasteiger charge is 2.45. The molecule has 2 nitrogen and oxygen atoms in total. The zero-order valence-electron chi connectivity index (χ0n) is 9.48. The fourth-order valence-electron chi connectivity index (χ4n) is 3.61. The largest absolute Gasteiger partial charge is 0.150 e. The molecule has 13 heavy (non-hydrogen) atoms. The molecule has 0 amide bonds. The van der Waals surface area contributed by atoms with Crippen molar-refractivity contribution in [2.24, 2.45) is 16.0 Å². The van der Waals surface area contributed by atoms with Crippen LogP contribution in [0.25, 0.3) is 0 Å². The van der Waals surface area contributed by atoms with Gasteiger partial charge in [-0.25, -0.2) is 0 Å². The van der Waals surface area contributed by atoms with Crippen LogP contribution in [0.1, 0.15) is 53.9 Å². The molecule has 0 bridgehead atoms. The summed E-state index contributed by atoms with van der Waals surface area (Å²) in [5.74, 6) is 0. The summed E-state index contributed by atoms with van der Waals surface area (Å²) in [6.07, 6.45) is 3.03. The molecule has 0 saturated heterocycles. The third-order valence-corrected chi connectivity index (χ3v) is 2.90. The van der Waals surface area contributed by atoms with Crippen molar-refractivity contribution in [3.8, 4) is 0 Å². The lowest BCUT2D eigenvalue weighted by Crippen LogP contribution is -2.42. The highest BCUT2D eigenvalue weighted by Crippen LogP contribution is 2.51. The molecule has 1 rings (SSSR count). The quantitative estimate of drug-likeness (QED) is 0.569. The van der Waals surface area contributed by atoms with Crippen molar-refractivity contribution in [2.45, 2.75) is 59.4 Å². The lowest BCUT2D eigenvalue weighted by Gasteiger charge is -2.47. The van der Waals surface area contributed by atoms with Crippen LogP contribution < -0.4 is 0 Å². The summed E-state index contributed by atoms with van der Waals surface area (Å²) in [6.45, 7) is 10.9. The second kappa shape index (κ2) is 2.79. The second-order valence-electron chi connectivity index (χ2n) is 6.45. The summed E-state index contributed by atoms with van der Waals surface area (Å²) in [7, 11) is 0. The summed E-state index contributed by atoms with van der Waals surface area (Å²) >= 11 is 0. The average Bonchev–Trinajstić information content (AvgIpc) is 1.79. The van der Waals surface area contributed by atoms with E-state index in [1.807, 2.05) is 6.92 Å². The first-order valence-electron chi connectivity index (χ1n) is 5.03. The standard InChI is InChI=1S/C11H21NO/c1-9(2)6-10(3,4)8-11(5,7-9)12-13/h6-8H2,1-5H3. The molecule has 0 atom stereocenters. The van der Waals surface area contributed by atoms with Crippen molar-refractivity contribution in [1.29, 1.82) is 0 Å². The Labute approximate surface area is 81.1 Å². The maximum absolute atomic E-state index is 10.8. The minimum Gasteiger partial charge on any atom is -0.150 e. The second-order valence-corrected chi connectivity index (χ2v) is 6.45. The molecule has 0 aromatic heterocycles. The van der Waals surface area contributed by atoms with Crippen molar-refractivity contribution >= 4 is 0 Å². The molecule has 0 aromatic carbocycles. The van der Waals surface area contributed by atoms with E-state index < -0.39 is 0 Å². The molecule has 0 radical (unpaired) electrons. The predicted octanol–water partition coefficient (Wildman–Crippen LogP) is 3.75. The van der Waals surface area contributed by atoms with Crippen LogP contribution >= 0.6 is 0 Å². The lowest BCUT2D eigenvalue weighted by molar-refractivity contribution is 0.0577. The molecule has 0 heterocycles. The van der Waals surface area contributed by atoms with Crippen LogP contribution in [0.2, 0.25) is 0 Å². The third kappa shape index (κ3) is 2.52. The Kier molecular flexibility index (Phi) is 2.29. The molecule has 1 aliphatic carbocycles. The molecule has 0 aliphatic heterocycles. The molecule has 1 saturated carbocycles. The van der Waals surface area contributed by atoms with E-state index in [2.05, 4.69) is 32.9 Å². The van der Waals surface area contributed by atoms with E-state index in [1.54, 1.807) is 0 Å². The Morgan fingerprint density at radius 2 is 1.23 bits per heavy atom. The van der Waals surface area contributed by atoms with Gasteiger partial charge in [0.05, 0.1) is 0 Å². The van der Waals surface area contributed by atoms with Gasteiger partial charge in [-0.1, -0.05) is 32.9 Å². The molecule has 0 unspecified atom stereocenters. The molecule has 2 heteroatoms. The number of rotatable bonds is 1. The van der Waals surface area contributed by atoms with E-state index >= 15 is 0 Å². The smallest absolute Gasteiger partial charge is 0.101 e. The van der Waals surface area contributed by atoms with Crippen LogP contribution in [-0.2, 0) is 0 Å². The Morgan fingerprint density at radius 3 is 1.54 bits per heavy atom. The maximum atomic E-state index is 10.8. The van der Waals surface area contributed by atoms with Gasteiger partial charge in [0.25, 0.3) is 0 Å². The van der Waals surface area contributed by atoms with E-state index in [-0.39, 0.29) is 16.4 Å². The van der Waals surface area contributed by atoms with Crippen molar-refractivity contribution in [3.63, 3.8) is 0 Å². The van der Waals surface area contributed by atoms with Gasteiger partial charge in [0.1, 0.15) is 5.54 Å². The van der Waals surface area contributed by atoms with E-state index in [4.69, 9.17) is 0 Å². The Morgan fingerprint density at radius 1 is 0.846 bits per heavy atom. The first-order chi connectivity index (χ1) is 5.68. The van der Waals surface area contributed by atoms with E-state index in [1.165, 1.54) is 6.42 Å². The SMILES string of the molecule is CC1(C)CC(C)(C)CC(C)(N=O)C1. The molecule has 76 valence electrons. The van der Waals surface area contributed by atoms with E-state index in [0.717, 1.165) is 12.8 Å². The van der Waals surface area contributed by atoms with Crippen molar-refractivity contribution < 1.29 is 0 Å². The monoisotopic (exact) mass is 183 g/mol. The van der Waals surface area contributed by atoms with Gasteiger partial charge in [0, 0.05) is 0 Å². The summed E-state index contributed by atoms with van der Waals surface area (Å²) < 4.78 is 0. The number of nitroso groups, excluding NO2 is 1. The van der Waals surface area contributed by atoms with Gasteiger partial charge in [0.15, 0.2) is 0 Å². The first kappa shape index (κ1) is 10.7. The summed E-state index contributed by atoms with van der Waals surface area (Å²) in [5, 5.41) is 3.32. The van der Waals surface area contributed by atoms with Crippen molar-refractivity contribution in [1.82, 2.24) is 0 Å². The summed E-state index contributed by atoms with van der Waals surface area (Å²) in [5.41, 5.74) is 0.167. The van der Waals surface area contributed by atoms with Crippen LogP contribution in [-0.4, -0.2) is 5.54 Å². The Bertz CT molecular complexity index is 202. The van der Waals surface area contributed by atoms with E-state index in [0.29, 0.717) is 0 Å². The van der Waals surface area contributed by atoms with Crippen LogP contribution in [0.15, 0.2) is 5.18 Å². The van der Waals surface area contributed by atoms with Crippen molar-refractivity contribution in [3.05, 3.63) is 4.91 Å². The molecular formula is C11H21NO. The lowest BCUT2D eigenvalue weighted by atomic mass is 9.59. The molecule has 0 aromatic rings. The van der Waals surface area contributed by atoms with Gasteiger partial charge in [-0.05, 0) is 37.0 Å². The Hall–Kier alpha value is -0.400. The number of hydrogen-bond donors (Lipinski definition) is 0. The molecule has 0 spiro atoms. The highest BCUT2D eigenvalue weighted by atomic mass is 16.3. The van der Waals surface area contributed by atoms with Crippen LogP contribution in [0, 0.1) is 15.7 Å². The zero-order valence-corrected chi connectivity index (χ0v) is 9.48. The van der Waals surface area contributed by atoms with Crippen LogP contribution in [0.4, 0.5) is 0 Å². The van der Waals surface area contributed by atoms with Gasteiger partial charge < -0.3 is 0 Å². The van der Waals surface area contributed by atoms with E-state index in [9.17, 15) is 4.91 Å². The van der Waals surface area contributed by atoms with Gasteiger partial charge in [-0.15, -0.1) is 0 Å². The summed E-state index contributed by atoms with van der Waals surface area (Å²) in [4.78, 5) is 10.8. The molecule has 0 N–H and O–H groups in total. The van der Waals surface area contributed by atoms with Gasteiger partial charge >= 0.3 is 0 Å². The Balaban J connectivity index is 2.90. The average molecular weight is 183 g/mol. The third-order valence-electron chi connectivity index (χ3n) is 2.90. The predicted molar refractivity (Wildman–Crippen MR) is 55.6 cm³/mol. The normalized spacial score (nSPS) is 29.6. The minimum atomic E-state index is -0.342. The molecular weight excluding hydrogens is 162 g/mol. The molecule has 1 aliphatic rings. The fourth-order valence-corrected chi connectivity index (χ4v) is 3.61. The van der Waals surface area contributed by atoms with Crippen LogP contribution in [0.5, 0.6) is 0 Å². The topological polar surface area (TPSA) is 29.4 Å². The fraction of sp³-hybridized carbons (Fsp3) is 1.00. The minimum absolute atomic E-state index is 0.254. The highest BCUT2D eigenvalue weighted by molar-refractivity contribution is 4.99. The number of hydrogen-bond acceptors (Lipinski definition) is 2. The van der Waals surface area contributed by atoms with Gasteiger partial charge in [0.2, 0.25) is 0 Å². The zero-order chi connectivity index (χ0) is 10.3. The number of nitrogens with zero attached hydrogens (tertiary/aromatic N) is 1. The maximum Gasteiger partial charge on any atom is 0.101 e. The van der Waals surface area contributed by atoms with Crippen molar-refractivity contribution in [2.75, 3.05) is 0 Å². The van der Waals surface area contributed by atoms with Gasteiger partial charge in [-0.3, -0.25) is 0 Å². The molecule has 1 fully saturated rings.